The van der Waals surface area contributed by atoms with Gasteiger partial charge in [-0.3, -0.25) is 4.79 Å². The van der Waals surface area contributed by atoms with E-state index >= 15 is 0 Å². The van der Waals surface area contributed by atoms with Crippen molar-refractivity contribution in [3.05, 3.63) is 47.1 Å². The average Bonchev–Trinajstić information content (AvgIpc) is 2.76. The Morgan fingerprint density at radius 2 is 1.76 bits per heavy atom. The smallest absolute Gasteiger partial charge is 0.296 e. The molecule has 3 aromatic rings. The van der Waals surface area contributed by atoms with Gasteiger partial charge in [-0.05, 0) is 30.5 Å². The third-order valence-corrected chi connectivity index (χ3v) is 4.59. The van der Waals surface area contributed by atoms with Crippen molar-refractivity contribution >= 4 is 11.0 Å². The van der Waals surface area contributed by atoms with E-state index < -0.39 is 0 Å². The lowest BCUT2D eigenvalue weighted by molar-refractivity contribution is 0.108. The molecule has 7 heteroatoms. The van der Waals surface area contributed by atoms with Gasteiger partial charge >= 0.3 is 0 Å². The Balaban J connectivity index is 2.22. The summed E-state index contributed by atoms with van der Waals surface area (Å²) in [6.45, 7) is 5.09. The van der Waals surface area contributed by atoms with E-state index in [1.165, 1.54) is 11.1 Å². The molecule has 0 saturated carbocycles. The molecule has 2 aromatic heterocycles. The molecule has 0 aliphatic rings. The van der Waals surface area contributed by atoms with Gasteiger partial charge in [0.2, 0.25) is 0 Å². The largest absolute Gasteiger partial charge is 0.497 e. The van der Waals surface area contributed by atoms with Crippen LogP contribution in [0, 0.1) is 0 Å². The SMILES string of the molecule is CCCCOc1c(-c2ccc(OC)cc2)c(=O)n(OCCCC)c2ncncc12. The van der Waals surface area contributed by atoms with Crippen molar-refractivity contribution in [2.24, 2.45) is 0 Å². The van der Waals surface area contributed by atoms with Crippen LogP contribution in [0.5, 0.6) is 11.5 Å². The third kappa shape index (κ3) is 4.50. The summed E-state index contributed by atoms with van der Waals surface area (Å²) in [5, 5.41) is 0.644. The number of fused-ring (bicyclic) bond motifs is 1. The van der Waals surface area contributed by atoms with Crippen LogP contribution in [0.4, 0.5) is 0 Å². The first-order valence-electron chi connectivity index (χ1n) is 10.0. The zero-order valence-electron chi connectivity index (χ0n) is 17.2. The number of ether oxygens (including phenoxy) is 2. The minimum Gasteiger partial charge on any atom is -0.497 e. The molecule has 0 spiro atoms. The number of rotatable bonds is 10. The lowest BCUT2D eigenvalue weighted by Crippen LogP contribution is -2.30. The zero-order valence-corrected chi connectivity index (χ0v) is 17.2. The van der Waals surface area contributed by atoms with Gasteiger partial charge in [-0.1, -0.05) is 38.8 Å². The van der Waals surface area contributed by atoms with Crippen LogP contribution in [0.1, 0.15) is 39.5 Å². The standard InChI is InChI=1S/C22H27N3O4/c1-4-6-12-28-20-18-14-23-15-24-21(18)25(29-13-7-5-2)22(26)19(20)16-8-10-17(27-3)11-9-16/h8-11,14-15H,4-7,12-13H2,1-3H3. The van der Waals surface area contributed by atoms with Gasteiger partial charge < -0.3 is 14.3 Å². The number of unbranched alkanes of at least 4 members (excludes halogenated alkanes) is 2. The molecule has 0 N–H and O–H groups in total. The topological polar surface area (TPSA) is 75.5 Å². The van der Waals surface area contributed by atoms with Crippen molar-refractivity contribution in [2.45, 2.75) is 39.5 Å². The maximum Gasteiger partial charge on any atom is 0.296 e. The van der Waals surface area contributed by atoms with Crippen LogP contribution in [-0.2, 0) is 0 Å². The maximum absolute atomic E-state index is 13.5. The molecular formula is C22H27N3O4. The number of hydrogen-bond donors (Lipinski definition) is 0. The van der Waals surface area contributed by atoms with Gasteiger partial charge in [-0.15, -0.1) is 4.73 Å². The first-order valence-corrected chi connectivity index (χ1v) is 10.0. The predicted octanol–water partition coefficient (Wildman–Crippen LogP) is 3.87. The van der Waals surface area contributed by atoms with E-state index in [2.05, 4.69) is 23.8 Å². The average molecular weight is 397 g/mol. The first kappa shape index (κ1) is 20.6. The summed E-state index contributed by atoms with van der Waals surface area (Å²) in [5.74, 6) is 1.20. The number of aromatic nitrogens is 3. The van der Waals surface area contributed by atoms with Gasteiger partial charge in [0.15, 0.2) is 5.65 Å². The summed E-state index contributed by atoms with van der Waals surface area (Å²) in [6, 6.07) is 7.32. The summed E-state index contributed by atoms with van der Waals surface area (Å²) in [7, 11) is 1.61. The fourth-order valence-corrected chi connectivity index (χ4v) is 2.98. The van der Waals surface area contributed by atoms with Gasteiger partial charge in [0.25, 0.3) is 5.56 Å². The van der Waals surface area contributed by atoms with Crippen LogP contribution >= 0.6 is 0 Å². The Morgan fingerprint density at radius 3 is 2.45 bits per heavy atom. The molecule has 0 atom stereocenters. The first-order chi connectivity index (χ1) is 14.2. The second-order valence-corrected chi connectivity index (χ2v) is 6.68. The monoisotopic (exact) mass is 397 g/mol. The second-order valence-electron chi connectivity index (χ2n) is 6.68. The molecule has 29 heavy (non-hydrogen) atoms. The highest BCUT2D eigenvalue weighted by atomic mass is 16.7. The maximum atomic E-state index is 13.5. The highest BCUT2D eigenvalue weighted by Crippen LogP contribution is 2.34. The molecule has 154 valence electrons. The Labute approximate surface area is 170 Å². The van der Waals surface area contributed by atoms with Crippen molar-refractivity contribution in [1.29, 1.82) is 0 Å². The Bertz CT molecular complexity index is 999. The fraction of sp³-hybridized carbons (Fsp3) is 0.409. The van der Waals surface area contributed by atoms with Crippen LogP contribution in [0.25, 0.3) is 22.2 Å². The summed E-state index contributed by atoms with van der Waals surface area (Å²) < 4.78 is 12.6. The van der Waals surface area contributed by atoms with Gasteiger partial charge in [-0.25, -0.2) is 9.97 Å². The van der Waals surface area contributed by atoms with E-state index in [0.717, 1.165) is 31.2 Å². The van der Waals surface area contributed by atoms with E-state index in [-0.39, 0.29) is 5.56 Å². The fourth-order valence-electron chi connectivity index (χ4n) is 2.98. The van der Waals surface area contributed by atoms with Crippen LogP contribution in [0.3, 0.4) is 0 Å². The predicted molar refractivity (Wildman–Crippen MR) is 113 cm³/mol. The summed E-state index contributed by atoms with van der Waals surface area (Å²) in [4.78, 5) is 27.7. The molecule has 2 heterocycles. The number of pyridine rings is 1. The lowest BCUT2D eigenvalue weighted by atomic mass is 10.0. The molecule has 3 rings (SSSR count). The van der Waals surface area contributed by atoms with E-state index in [4.69, 9.17) is 14.3 Å². The van der Waals surface area contributed by atoms with E-state index in [9.17, 15) is 4.79 Å². The van der Waals surface area contributed by atoms with Crippen molar-refractivity contribution in [2.75, 3.05) is 20.3 Å². The normalized spacial score (nSPS) is 10.9. The second kappa shape index (κ2) is 9.91. The van der Waals surface area contributed by atoms with E-state index in [1.54, 1.807) is 13.3 Å². The molecule has 0 bridgehead atoms. The summed E-state index contributed by atoms with van der Waals surface area (Å²) >= 11 is 0. The molecule has 0 unspecified atom stereocenters. The van der Waals surface area contributed by atoms with Crippen LogP contribution in [0.2, 0.25) is 0 Å². The van der Waals surface area contributed by atoms with E-state index in [1.807, 2.05) is 24.3 Å². The third-order valence-electron chi connectivity index (χ3n) is 4.59. The molecule has 1 aromatic carbocycles. The number of benzene rings is 1. The van der Waals surface area contributed by atoms with Crippen molar-refractivity contribution in [3.8, 4) is 22.6 Å². The van der Waals surface area contributed by atoms with Gasteiger partial charge in [0.1, 0.15) is 24.4 Å². The minimum atomic E-state index is -0.302. The quantitative estimate of drug-likeness (QED) is 0.483. The molecule has 0 aliphatic heterocycles. The molecule has 7 nitrogen and oxygen atoms in total. The Hall–Kier alpha value is -3.09. The van der Waals surface area contributed by atoms with Crippen LogP contribution in [-0.4, -0.2) is 35.0 Å². The molecule has 0 radical (unpaired) electrons. The summed E-state index contributed by atoms with van der Waals surface area (Å²) in [6.07, 6.45) is 6.74. The highest BCUT2D eigenvalue weighted by molar-refractivity contribution is 5.89. The highest BCUT2D eigenvalue weighted by Gasteiger charge is 2.21. The van der Waals surface area contributed by atoms with Gasteiger partial charge in [-0.2, -0.15) is 0 Å². The molecular weight excluding hydrogens is 370 g/mol. The number of methoxy groups -OCH3 is 1. The van der Waals surface area contributed by atoms with Gasteiger partial charge in [0.05, 0.1) is 24.7 Å². The molecule has 0 saturated heterocycles. The number of nitrogens with zero attached hydrogens (tertiary/aromatic N) is 3. The molecule has 0 aliphatic carbocycles. The molecule has 0 amide bonds. The van der Waals surface area contributed by atoms with Crippen molar-refractivity contribution in [1.82, 2.24) is 14.7 Å². The van der Waals surface area contributed by atoms with Crippen molar-refractivity contribution in [3.63, 3.8) is 0 Å². The zero-order chi connectivity index (χ0) is 20.6. The lowest BCUT2D eigenvalue weighted by Gasteiger charge is -2.18. The Kier molecular flexibility index (Phi) is 7.05. The van der Waals surface area contributed by atoms with Gasteiger partial charge in [0, 0.05) is 6.20 Å². The minimum absolute atomic E-state index is 0.302. The van der Waals surface area contributed by atoms with E-state index in [0.29, 0.717) is 41.3 Å². The summed E-state index contributed by atoms with van der Waals surface area (Å²) in [5.41, 5.74) is 1.26. The van der Waals surface area contributed by atoms with Crippen LogP contribution < -0.4 is 19.9 Å². The Morgan fingerprint density at radius 1 is 1.03 bits per heavy atom. The van der Waals surface area contributed by atoms with Crippen LogP contribution in [0.15, 0.2) is 41.6 Å². The molecule has 0 fully saturated rings. The van der Waals surface area contributed by atoms with Crippen molar-refractivity contribution < 1.29 is 14.3 Å². The number of hydrogen-bond acceptors (Lipinski definition) is 6.